The van der Waals surface area contributed by atoms with Crippen molar-refractivity contribution in [3.05, 3.63) is 35.2 Å². The Morgan fingerprint density at radius 2 is 2.00 bits per heavy atom. The van der Waals surface area contributed by atoms with Crippen LogP contribution in [0, 0.1) is 5.92 Å². The third kappa shape index (κ3) is 2.45. The summed E-state index contributed by atoms with van der Waals surface area (Å²) in [5, 5.41) is 13.5. The van der Waals surface area contributed by atoms with Crippen molar-refractivity contribution in [3.63, 3.8) is 0 Å². The molecule has 0 amide bonds. The van der Waals surface area contributed by atoms with Crippen molar-refractivity contribution in [2.75, 3.05) is 0 Å². The normalized spacial score (nSPS) is 13.5. The van der Waals surface area contributed by atoms with E-state index >= 15 is 0 Å². The largest absolute Gasteiger partial charge is 0.388 e. The summed E-state index contributed by atoms with van der Waals surface area (Å²) < 4.78 is 1.23. The third-order valence-electron chi connectivity index (χ3n) is 2.89. The van der Waals surface area contributed by atoms with Crippen molar-refractivity contribution >= 4 is 21.4 Å². The molecule has 1 N–H and O–H groups in total. The molecule has 1 aromatic heterocycles. The van der Waals surface area contributed by atoms with Gasteiger partial charge in [0.15, 0.2) is 0 Å². The number of rotatable bonds is 4. The van der Waals surface area contributed by atoms with E-state index in [-0.39, 0.29) is 6.10 Å². The summed E-state index contributed by atoms with van der Waals surface area (Å²) in [7, 11) is 0. The molecule has 2 heteroatoms. The minimum atomic E-state index is -0.315. The molecule has 0 aliphatic rings. The van der Waals surface area contributed by atoms with Gasteiger partial charge in [0.1, 0.15) is 0 Å². The Balaban J connectivity index is 2.22. The number of fused-ring (bicyclic) bond motifs is 1. The molecule has 1 heterocycles. The molecular weight excluding hydrogens is 216 g/mol. The van der Waals surface area contributed by atoms with E-state index in [0.717, 1.165) is 18.4 Å². The lowest BCUT2D eigenvalue weighted by molar-refractivity contribution is 0.161. The average molecular weight is 234 g/mol. The summed E-state index contributed by atoms with van der Waals surface area (Å²) in [6.07, 6.45) is 1.61. The van der Waals surface area contributed by atoms with Gasteiger partial charge in [-0.15, -0.1) is 11.3 Å². The zero-order valence-electron chi connectivity index (χ0n) is 9.81. The van der Waals surface area contributed by atoms with Gasteiger partial charge in [-0.1, -0.05) is 32.0 Å². The molecule has 2 rings (SSSR count). The first-order valence-electron chi connectivity index (χ1n) is 5.82. The molecule has 86 valence electrons. The van der Waals surface area contributed by atoms with Gasteiger partial charge in [0, 0.05) is 4.70 Å². The van der Waals surface area contributed by atoms with E-state index in [9.17, 15) is 5.11 Å². The quantitative estimate of drug-likeness (QED) is 0.832. The standard InChI is InChI=1S/C14H18OS/c1-10(2)6-7-13(15)12-5-3-4-11-8-9-16-14(11)12/h3-5,8-10,13,15H,6-7H2,1-2H3. The first kappa shape index (κ1) is 11.6. The molecule has 0 fully saturated rings. The molecule has 1 nitrogen and oxygen atoms in total. The average Bonchev–Trinajstić information content (AvgIpc) is 2.73. The highest BCUT2D eigenvalue weighted by Gasteiger charge is 2.12. The van der Waals surface area contributed by atoms with Gasteiger partial charge in [0.25, 0.3) is 0 Å². The first-order chi connectivity index (χ1) is 7.68. The van der Waals surface area contributed by atoms with E-state index < -0.39 is 0 Å². The number of aliphatic hydroxyl groups excluding tert-OH is 1. The van der Waals surface area contributed by atoms with E-state index in [4.69, 9.17) is 0 Å². The number of hydrogen-bond acceptors (Lipinski definition) is 2. The minimum Gasteiger partial charge on any atom is -0.388 e. The van der Waals surface area contributed by atoms with Crippen LogP contribution in [0.25, 0.3) is 10.1 Å². The summed E-state index contributed by atoms with van der Waals surface area (Å²) >= 11 is 1.72. The summed E-state index contributed by atoms with van der Waals surface area (Å²) in [4.78, 5) is 0. The predicted octanol–water partition coefficient (Wildman–Crippen LogP) is 4.37. The van der Waals surface area contributed by atoms with Gasteiger partial charge < -0.3 is 5.11 Å². The van der Waals surface area contributed by atoms with E-state index in [1.807, 2.05) is 12.1 Å². The Bertz CT molecular complexity index is 458. The van der Waals surface area contributed by atoms with Crippen LogP contribution in [0.2, 0.25) is 0 Å². The Hall–Kier alpha value is -0.860. The van der Waals surface area contributed by atoms with Crippen molar-refractivity contribution in [2.24, 2.45) is 5.92 Å². The lowest BCUT2D eigenvalue weighted by atomic mass is 9.99. The zero-order chi connectivity index (χ0) is 11.5. The van der Waals surface area contributed by atoms with Gasteiger partial charge in [-0.05, 0) is 41.2 Å². The van der Waals surface area contributed by atoms with Crippen LogP contribution in [0.15, 0.2) is 29.6 Å². The van der Waals surface area contributed by atoms with E-state index in [2.05, 4.69) is 31.4 Å². The summed E-state index contributed by atoms with van der Waals surface area (Å²) in [5.41, 5.74) is 1.09. The maximum Gasteiger partial charge on any atom is 0.0804 e. The molecule has 0 aliphatic heterocycles. The highest BCUT2D eigenvalue weighted by Crippen LogP contribution is 2.31. The molecule has 1 aromatic carbocycles. The second kappa shape index (κ2) is 4.98. The predicted molar refractivity (Wildman–Crippen MR) is 70.9 cm³/mol. The van der Waals surface area contributed by atoms with E-state index in [1.54, 1.807) is 11.3 Å². The number of benzene rings is 1. The molecule has 0 bridgehead atoms. The summed E-state index contributed by atoms with van der Waals surface area (Å²) in [6.45, 7) is 4.39. The van der Waals surface area contributed by atoms with Gasteiger partial charge in [-0.3, -0.25) is 0 Å². The molecule has 0 saturated heterocycles. The second-order valence-corrected chi connectivity index (χ2v) is 5.59. The Morgan fingerprint density at radius 1 is 1.19 bits per heavy atom. The van der Waals surface area contributed by atoms with Crippen molar-refractivity contribution in [2.45, 2.75) is 32.8 Å². The molecule has 0 spiro atoms. The van der Waals surface area contributed by atoms with E-state index in [1.165, 1.54) is 10.1 Å². The first-order valence-corrected chi connectivity index (χ1v) is 6.70. The van der Waals surface area contributed by atoms with Gasteiger partial charge >= 0.3 is 0 Å². The Labute approximate surface area is 101 Å². The fourth-order valence-corrected chi connectivity index (χ4v) is 2.89. The molecule has 2 aromatic rings. The molecule has 0 radical (unpaired) electrons. The van der Waals surface area contributed by atoms with Crippen LogP contribution in [0.3, 0.4) is 0 Å². The van der Waals surface area contributed by atoms with Crippen LogP contribution < -0.4 is 0 Å². The molecule has 1 atom stereocenters. The minimum absolute atomic E-state index is 0.315. The highest BCUT2D eigenvalue weighted by molar-refractivity contribution is 7.17. The Morgan fingerprint density at radius 3 is 2.75 bits per heavy atom. The van der Waals surface area contributed by atoms with Crippen LogP contribution in [0.4, 0.5) is 0 Å². The summed E-state index contributed by atoms with van der Waals surface area (Å²) in [6, 6.07) is 8.29. The van der Waals surface area contributed by atoms with Crippen LogP contribution in [-0.4, -0.2) is 5.11 Å². The maximum atomic E-state index is 10.2. The van der Waals surface area contributed by atoms with Gasteiger partial charge in [0.05, 0.1) is 6.10 Å². The molecule has 16 heavy (non-hydrogen) atoms. The number of hydrogen-bond donors (Lipinski definition) is 1. The van der Waals surface area contributed by atoms with Gasteiger partial charge in [0.2, 0.25) is 0 Å². The molecule has 0 aliphatic carbocycles. The fraction of sp³-hybridized carbons (Fsp3) is 0.429. The number of thiophene rings is 1. The molecular formula is C14H18OS. The van der Waals surface area contributed by atoms with Crippen molar-refractivity contribution in [3.8, 4) is 0 Å². The smallest absolute Gasteiger partial charge is 0.0804 e. The van der Waals surface area contributed by atoms with Crippen molar-refractivity contribution in [1.29, 1.82) is 0 Å². The van der Waals surface area contributed by atoms with Crippen LogP contribution >= 0.6 is 11.3 Å². The topological polar surface area (TPSA) is 20.2 Å². The SMILES string of the molecule is CC(C)CCC(O)c1cccc2ccsc12. The van der Waals surface area contributed by atoms with Crippen molar-refractivity contribution < 1.29 is 5.11 Å². The molecule has 0 saturated carbocycles. The fourth-order valence-electron chi connectivity index (χ4n) is 1.93. The lowest BCUT2D eigenvalue weighted by Crippen LogP contribution is -1.99. The van der Waals surface area contributed by atoms with Crippen LogP contribution in [0.1, 0.15) is 38.4 Å². The maximum absolute atomic E-state index is 10.2. The summed E-state index contributed by atoms with van der Waals surface area (Å²) in [5.74, 6) is 0.650. The highest BCUT2D eigenvalue weighted by atomic mass is 32.1. The monoisotopic (exact) mass is 234 g/mol. The van der Waals surface area contributed by atoms with Crippen LogP contribution in [-0.2, 0) is 0 Å². The van der Waals surface area contributed by atoms with Gasteiger partial charge in [-0.25, -0.2) is 0 Å². The lowest BCUT2D eigenvalue weighted by Gasteiger charge is -2.13. The third-order valence-corrected chi connectivity index (χ3v) is 3.87. The van der Waals surface area contributed by atoms with Crippen molar-refractivity contribution in [1.82, 2.24) is 0 Å². The Kier molecular flexibility index (Phi) is 3.62. The zero-order valence-corrected chi connectivity index (χ0v) is 10.6. The molecule has 1 unspecified atom stereocenters. The van der Waals surface area contributed by atoms with Crippen LogP contribution in [0.5, 0.6) is 0 Å². The van der Waals surface area contributed by atoms with Gasteiger partial charge in [-0.2, -0.15) is 0 Å². The van der Waals surface area contributed by atoms with E-state index in [0.29, 0.717) is 5.92 Å². The second-order valence-electron chi connectivity index (χ2n) is 4.67. The number of aliphatic hydroxyl groups is 1.